The highest BCUT2D eigenvalue weighted by Crippen LogP contribution is 2.37. The average molecular weight is 517 g/mol. The Hall–Kier alpha value is 1.00. The predicted molar refractivity (Wildman–Crippen MR) is 123 cm³/mol. The molecule has 0 aliphatic carbocycles. The Morgan fingerprint density at radius 1 is 0.846 bits per heavy atom. The summed E-state index contributed by atoms with van der Waals surface area (Å²) in [5.74, 6) is 0.342. The minimum absolute atomic E-state index is 0.0398. The first-order chi connectivity index (χ1) is 12.4. The van der Waals surface area contributed by atoms with Gasteiger partial charge in [-0.2, -0.15) is 0 Å². The number of halogens is 1. The van der Waals surface area contributed by atoms with Crippen molar-refractivity contribution in [3.63, 3.8) is 0 Å². The predicted octanol–water partition coefficient (Wildman–Crippen LogP) is 5.82. The van der Waals surface area contributed by atoms with Crippen molar-refractivity contribution in [3.05, 3.63) is 0 Å². The number of alkyl halides is 1. The first kappa shape index (κ1) is 25.0. The van der Waals surface area contributed by atoms with E-state index in [1.54, 1.807) is 7.11 Å². The standard InChI is InChI=1S/C19H41IO4Si2/c1-8-25(9-2,10-3)22-15-17-16(14-20)18(19(21-7)23-17)24-26(11-4,12-5)13-6/h16-19H,8-15H2,1-7H3/t16-,17-,18-,19-/m1/s1. The van der Waals surface area contributed by atoms with Crippen LogP contribution in [0.15, 0.2) is 0 Å². The van der Waals surface area contributed by atoms with Gasteiger partial charge in [-0.1, -0.05) is 64.1 Å². The van der Waals surface area contributed by atoms with E-state index in [0.717, 1.165) is 22.6 Å². The van der Waals surface area contributed by atoms with Gasteiger partial charge in [0.25, 0.3) is 0 Å². The SMILES string of the molecule is CC[Si](CC)(CC)OC[C@H]1O[C@@H](OC)[C@H](O[Si](CC)(CC)CC)[C@@H]1CI. The summed E-state index contributed by atoms with van der Waals surface area (Å²) in [5, 5.41) is 0. The van der Waals surface area contributed by atoms with Crippen LogP contribution in [0.5, 0.6) is 0 Å². The molecule has 0 aromatic carbocycles. The zero-order valence-electron chi connectivity index (χ0n) is 18.0. The molecule has 1 aliphatic heterocycles. The second kappa shape index (κ2) is 11.9. The van der Waals surface area contributed by atoms with Crippen LogP contribution < -0.4 is 0 Å². The summed E-state index contributed by atoms with van der Waals surface area (Å²) in [6.45, 7) is 14.4. The maximum Gasteiger partial charge on any atom is 0.192 e. The molecule has 4 nitrogen and oxygen atoms in total. The molecule has 0 aromatic rings. The van der Waals surface area contributed by atoms with E-state index in [-0.39, 0.29) is 18.5 Å². The third kappa shape index (κ3) is 5.76. The molecule has 4 atom stereocenters. The summed E-state index contributed by atoms with van der Waals surface area (Å²) < 4.78 is 26.4. The number of ether oxygens (including phenoxy) is 2. The minimum Gasteiger partial charge on any atom is -0.414 e. The fourth-order valence-electron chi connectivity index (χ4n) is 4.05. The number of methoxy groups -OCH3 is 1. The highest BCUT2D eigenvalue weighted by Gasteiger charge is 2.49. The van der Waals surface area contributed by atoms with Gasteiger partial charge in [0.15, 0.2) is 22.9 Å². The molecule has 156 valence electrons. The molecule has 1 rings (SSSR count). The van der Waals surface area contributed by atoms with E-state index < -0.39 is 16.6 Å². The molecule has 0 unspecified atom stereocenters. The Labute approximate surface area is 177 Å². The van der Waals surface area contributed by atoms with E-state index in [1.165, 1.54) is 18.1 Å². The Morgan fingerprint density at radius 3 is 1.73 bits per heavy atom. The number of hydrogen-bond donors (Lipinski definition) is 0. The molecule has 1 saturated heterocycles. The lowest BCUT2D eigenvalue weighted by Gasteiger charge is -2.35. The lowest BCUT2D eigenvalue weighted by molar-refractivity contribution is -0.149. The van der Waals surface area contributed by atoms with Gasteiger partial charge in [0.2, 0.25) is 0 Å². The normalized spacial score (nSPS) is 27.2. The van der Waals surface area contributed by atoms with E-state index in [9.17, 15) is 0 Å². The summed E-state index contributed by atoms with van der Waals surface area (Å²) in [7, 11) is -1.57. The molecular weight excluding hydrogens is 475 g/mol. The highest BCUT2D eigenvalue weighted by atomic mass is 127. The molecule has 0 amide bonds. The summed E-state index contributed by atoms with van der Waals surface area (Å²) in [4.78, 5) is 0. The Balaban J connectivity index is 2.91. The molecule has 0 spiro atoms. The Morgan fingerprint density at radius 2 is 1.35 bits per heavy atom. The molecular formula is C19H41IO4Si2. The topological polar surface area (TPSA) is 36.9 Å². The molecule has 26 heavy (non-hydrogen) atoms. The van der Waals surface area contributed by atoms with Crippen molar-refractivity contribution in [3.8, 4) is 0 Å². The van der Waals surface area contributed by atoms with E-state index in [1.807, 2.05) is 0 Å². The summed E-state index contributed by atoms with van der Waals surface area (Å²) in [5.41, 5.74) is 0. The Bertz CT molecular complexity index is 375. The maximum absolute atomic E-state index is 6.83. The molecule has 1 aliphatic rings. The molecule has 0 saturated carbocycles. The van der Waals surface area contributed by atoms with Crippen LogP contribution >= 0.6 is 22.6 Å². The quantitative estimate of drug-likeness (QED) is 0.176. The van der Waals surface area contributed by atoms with E-state index >= 15 is 0 Å². The van der Waals surface area contributed by atoms with Crippen LogP contribution in [-0.2, 0) is 18.3 Å². The van der Waals surface area contributed by atoms with Gasteiger partial charge in [-0.15, -0.1) is 0 Å². The van der Waals surface area contributed by atoms with Gasteiger partial charge in [0, 0.05) is 17.5 Å². The van der Waals surface area contributed by atoms with Crippen molar-refractivity contribution >= 4 is 39.2 Å². The van der Waals surface area contributed by atoms with E-state index in [0.29, 0.717) is 12.5 Å². The third-order valence-electron chi connectivity index (χ3n) is 6.69. The maximum atomic E-state index is 6.83. The lowest BCUT2D eigenvalue weighted by Crippen LogP contribution is -2.46. The van der Waals surface area contributed by atoms with Gasteiger partial charge in [0.1, 0.15) is 6.10 Å². The smallest absolute Gasteiger partial charge is 0.192 e. The van der Waals surface area contributed by atoms with Gasteiger partial charge >= 0.3 is 0 Å². The van der Waals surface area contributed by atoms with Gasteiger partial charge < -0.3 is 18.3 Å². The third-order valence-corrected chi connectivity index (χ3v) is 17.0. The highest BCUT2D eigenvalue weighted by molar-refractivity contribution is 14.1. The molecule has 0 N–H and O–H groups in total. The number of hydrogen-bond acceptors (Lipinski definition) is 4. The van der Waals surface area contributed by atoms with Gasteiger partial charge in [-0.25, -0.2) is 0 Å². The van der Waals surface area contributed by atoms with Crippen molar-refractivity contribution in [2.45, 2.75) is 96.3 Å². The van der Waals surface area contributed by atoms with Crippen LogP contribution in [0.2, 0.25) is 36.3 Å². The van der Waals surface area contributed by atoms with Crippen LogP contribution in [-0.4, -0.2) is 53.3 Å². The van der Waals surface area contributed by atoms with Gasteiger partial charge in [0.05, 0.1) is 12.7 Å². The molecule has 1 heterocycles. The second-order valence-electron chi connectivity index (χ2n) is 7.48. The van der Waals surface area contributed by atoms with Crippen molar-refractivity contribution in [2.75, 3.05) is 18.1 Å². The zero-order chi connectivity index (χ0) is 19.8. The van der Waals surface area contributed by atoms with E-state index in [2.05, 4.69) is 64.1 Å². The van der Waals surface area contributed by atoms with Crippen LogP contribution in [0.1, 0.15) is 41.5 Å². The fraction of sp³-hybridized carbons (Fsp3) is 1.00. The van der Waals surface area contributed by atoms with Gasteiger partial charge in [-0.3, -0.25) is 0 Å². The number of rotatable bonds is 13. The van der Waals surface area contributed by atoms with Crippen molar-refractivity contribution in [1.29, 1.82) is 0 Å². The molecule has 0 aromatic heterocycles. The molecule has 0 bridgehead atoms. The average Bonchev–Trinajstić information content (AvgIpc) is 3.03. The fourth-order valence-corrected chi connectivity index (χ4v) is 10.6. The van der Waals surface area contributed by atoms with Crippen molar-refractivity contribution in [2.24, 2.45) is 5.92 Å². The summed E-state index contributed by atoms with van der Waals surface area (Å²) in [6.07, 6.45) is -0.144. The van der Waals surface area contributed by atoms with Crippen molar-refractivity contribution < 1.29 is 18.3 Å². The van der Waals surface area contributed by atoms with Crippen LogP contribution in [0.4, 0.5) is 0 Å². The van der Waals surface area contributed by atoms with Crippen LogP contribution in [0, 0.1) is 5.92 Å². The molecule has 1 fully saturated rings. The summed E-state index contributed by atoms with van der Waals surface area (Å²) >= 11 is 2.48. The molecule has 7 heteroatoms. The van der Waals surface area contributed by atoms with Crippen LogP contribution in [0.3, 0.4) is 0 Å². The zero-order valence-corrected chi connectivity index (χ0v) is 22.1. The Kier molecular flexibility index (Phi) is 11.4. The monoisotopic (exact) mass is 516 g/mol. The molecule has 0 radical (unpaired) electrons. The summed E-state index contributed by atoms with van der Waals surface area (Å²) in [6, 6.07) is 6.98. The van der Waals surface area contributed by atoms with E-state index in [4.69, 9.17) is 18.3 Å². The largest absolute Gasteiger partial charge is 0.414 e. The first-order valence-corrected chi connectivity index (χ1v) is 17.1. The lowest BCUT2D eigenvalue weighted by atomic mass is 10.0. The minimum atomic E-state index is -1.70. The second-order valence-corrected chi connectivity index (χ2v) is 17.9. The first-order valence-electron chi connectivity index (χ1n) is 10.5. The van der Waals surface area contributed by atoms with Gasteiger partial charge in [-0.05, 0) is 36.3 Å². The van der Waals surface area contributed by atoms with Crippen LogP contribution in [0.25, 0.3) is 0 Å². The van der Waals surface area contributed by atoms with Crippen molar-refractivity contribution in [1.82, 2.24) is 0 Å².